The summed E-state index contributed by atoms with van der Waals surface area (Å²) in [7, 11) is 0. The number of nitrogens with zero attached hydrogens (tertiary/aromatic N) is 3. The van der Waals surface area contributed by atoms with E-state index in [1.807, 2.05) is 49.5 Å². The fraction of sp³-hybridized carbons (Fsp3) is 0.250. The molecule has 5 heteroatoms. The Hall–Kier alpha value is -2.72. The van der Waals surface area contributed by atoms with Gasteiger partial charge in [0, 0.05) is 43.1 Å². The van der Waals surface area contributed by atoms with Crippen molar-refractivity contribution >= 4 is 0 Å². The Morgan fingerprint density at radius 2 is 1.61 bits per heavy atom. The molecule has 0 spiro atoms. The van der Waals surface area contributed by atoms with E-state index in [0.29, 0.717) is 5.82 Å². The minimum Gasteiger partial charge on any atom is -0.371 e. The molecule has 1 saturated heterocycles. The SMILES string of the molecule is Cc1cc(-c2ccccc2)nc(-c2ccc(-c3[c-]cc4c(c3)C3(C)CCC4(C)O3)nc2)n1.[Ir]. The summed E-state index contributed by atoms with van der Waals surface area (Å²) >= 11 is 0. The van der Waals surface area contributed by atoms with Crippen molar-refractivity contribution < 1.29 is 24.8 Å². The number of hydrogen-bond donors (Lipinski definition) is 0. The first kappa shape index (κ1) is 22.1. The van der Waals surface area contributed by atoms with Crippen molar-refractivity contribution in [2.75, 3.05) is 0 Å². The second-order valence-electron chi connectivity index (χ2n) is 9.25. The molecule has 4 nitrogen and oxygen atoms in total. The number of hydrogen-bond acceptors (Lipinski definition) is 4. The predicted molar refractivity (Wildman–Crippen MR) is 125 cm³/mol. The van der Waals surface area contributed by atoms with Crippen molar-refractivity contribution in [2.45, 2.75) is 44.8 Å². The third kappa shape index (κ3) is 3.65. The molecule has 0 N–H and O–H groups in total. The zero-order valence-electron chi connectivity index (χ0n) is 18.8. The molecule has 0 saturated carbocycles. The van der Waals surface area contributed by atoms with Crippen LogP contribution in [0.4, 0.5) is 0 Å². The third-order valence-electron chi connectivity index (χ3n) is 6.84. The summed E-state index contributed by atoms with van der Waals surface area (Å²) in [4.78, 5) is 14.2. The zero-order chi connectivity index (χ0) is 21.9. The van der Waals surface area contributed by atoms with Crippen molar-refractivity contribution in [2.24, 2.45) is 0 Å². The van der Waals surface area contributed by atoms with Gasteiger partial charge in [-0.15, -0.1) is 23.8 Å². The second kappa shape index (κ2) is 7.95. The molecule has 2 aromatic carbocycles. The van der Waals surface area contributed by atoms with Gasteiger partial charge in [-0.2, -0.15) is 0 Å². The fourth-order valence-electron chi connectivity index (χ4n) is 5.11. The van der Waals surface area contributed by atoms with Gasteiger partial charge in [-0.05, 0) is 45.4 Å². The van der Waals surface area contributed by atoms with Crippen LogP contribution < -0.4 is 0 Å². The molecule has 0 aliphatic carbocycles. The average Bonchev–Trinajstić information content (AvgIpc) is 3.26. The van der Waals surface area contributed by atoms with Crippen LogP contribution in [-0.4, -0.2) is 15.0 Å². The van der Waals surface area contributed by atoms with Gasteiger partial charge in [0.2, 0.25) is 0 Å². The minimum absolute atomic E-state index is 0. The Labute approximate surface area is 207 Å². The maximum Gasteiger partial charge on any atom is 0.161 e. The maximum atomic E-state index is 6.39. The smallest absolute Gasteiger partial charge is 0.161 e. The van der Waals surface area contributed by atoms with Crippen LogP contribution in [0, 0.1) is 13.0 Å². The summed E-state index contributed by atoms with van der Waals surface area (Å²) in [5.74, 6) is 0.687. The largest absolute Gasteiger partial charge is 0.371 e. The summed E-state index contributed by atoms with van der Waals surface area (Å²) in [5.41, 5.74) is 7.89. The van der Waals surface area contributed by atoms with Crippen LogP contribution in [0.25, 0.3) is 33.9 Å². The molecule has 1 fully saturated rings. The molecular formula is C28H24IrN3O-. The first-order valence-corrected chi connectivity index (χ1v) is 11.1. The molecule has 2 aliphatic heterocycles. The van der Waals surface area contributed by atoms with Gasteiger partial charge in [0.1, 0.15) is 0 Å². The number of benzene rings is 2. The van der Waals surface area contributed by atoms with E-state index in [9.17, 15) is 0 Å². The van der Waals surface area contributed by atoms with Gasteiger partial charge in [0.25, 0.3) is 0 Å². The summed E-state index contributed by atoms with van der Waals surface area (Å²) in [5, 5.41) is 0. The van der Waals surface area contributed by atoms with Gasteiger partial charge >= 0.3 is 0 Å². The summed E-state index contributed by atoms with van der Waals surface area (Å²) in [6.07, 6.45) is 3.98. The van der Waals surface area contributed by atoms with E-state index in [2.05, 4.69) is 49.2 Å². The van der Waals surface area contributed by atoms with Crippen LogP contribution in [-0.2, 0) is 36.0 Å². The molecule has 0 amide bonds. The van der Waals surface area contributed by atoms with Crippen LogP contribution in [0.2, 0.25) is 0 Å². The van der Waals surface area contributed by atoms with E-state index in [0.717, 1.165) is 46.6 Å². The maximum absolute atomic E-state index is 6.39. The van der Waals surface area contributed by atoms with Crippen molar-refractivity contribution in [1.29, 1.82) is 0 Å². The second-order valence-corrected chi connectivity index (χ2v) is 9.25. The Kier molecular flexibility index (Phi) is 5.32. The van der Waals surface area contributed by atoms with Crippen LogP contribution in [0.5, 0.6) is 0 Å². The van der Waals surface area contributed by atoms with Crippen LogP contribution in [0.3, 0.4) is 0 Å². The molecule has 2 aromatic heterocycles. The monoisotopic (exact) mass is 611 g/mol. The fourth-order valence-corrected chi connectivity index (χ4v) is 5.11. The number of ether oxygens (including phenoxy) is 1. The average molecular weight is 611 g/mol. The van der Waals surface area contributed by atoms with Crippen LogP contribution in [0.1, 0.15) is 43.5 Å². The summed E-state index contributed by atoms with van der Waals surface area (Å²) < 4.78 is 6.39. The topological polar surface area (TPSA) is 47.9 Å². The van der Waals surface area contributed by atoms with Crippen LogP contribution >= 0.6 is 0 Å². The van der Waals surface area contributed by atoms with E-state index in [1.54, 1.807) is 0 Å². The van der Waals surface area contributed by atoms with Gasteiger partial charge in [-0.3, -0.25) is 0 Å². The molecule has 4 aromatic rings. The standard InChI is InChI=1S/C28H24N3O.Ir/c1-18-15-25(19-7-5-4-6-8-19)31-26(30-18)21-10-12-24(29-17-21)20-9-11-22-23(16-20)28(3)14-13-27(22,2)32-28;/h4-8,10-12,15-17H,13-14H2,1-3H3;/q-1;. The Morgan fingerprint density at radius 1 is 0.848 bits per heavy atom. The molecule has 1 radical (unpaired) electrons. The molecule has 167 valence electrons. The Balaban J connectivity index is 0.00000228. The third-order valence-corrected chi connectivity index (χ3v) is 6.84. The molecule has 4 heterocycles. The number of pyridine rings is 1. The van der Waals surface area contributed by atoms with E-state index in [1.165, 1.54) is 11.1 Å². The van der Waals surface area contributed by atoms with Crippen molar-refractivity contribution in [3.8, 4) is 33.9 Å². The molecule has 2 bridgehead atoms. The van der Waals surface area contributed by atoms with Crippen molar-refractivity contribution in [3.63, 3.8) is 0 Å². The van der Waals surface area contributed by atoms with E-state index in [-0.39, 0.29) is 31.3 Å². The molecule has 2 unspecified atom stereocenters. The van der Waals surface area contributed by atoms with E-state index in [4.69, 9.17) is 14.7 Å². The number of rotatable bonds is 3. The minimum atomic E-state index is -0.197. The van der Waals surface area contributed by atoms with Gasteiger partial charge in [0.15, 0.2) is 5.82 Å². The number of fused-ring (bicyclic) bond motifs is 5. The van der Waals surface area contributed by atoms with Crippen molar-refractivity contribution in [3.05, 3.63) is 89.7 Å². The van der Waals surface area contributed by atoms with E-state index >= 15 is 0 Å². The molecule has 2 aliphatic rings. The summed E-state index contributed by atoms with van der Waals surface area (Å²) in [6, 6.07) is 24.0. The van der Waals surface area contributed by atoms with E-state index < -0.39 is 0 Å². The van der Waals surface area contributed by atoms with Gasteiger partial charge in [-0.25, -0.2) is 9.97 Å². The first-order valence-electron chi connectivity index (χ1n) is 11.1. The molecule has 6 rings (SSSR count). The Morgan fingerprint density at radius 3 is 2.33 bits per heavy atom. The molecule has 2 atom stereocenters. The Bertz CT molecular complexity index is 1340. The molecule has 33 heavy (non-hydrogen) atoms. The van der Waals surface area contributed by atoms with Gasteiger partial charge in [-0.1, -0.05) is 53.6 Å². The quantitative estimate of drug-likeness (QED) is 0.258. The first-order chi connectivity index (χ1) is 15.4. The van der Waals surface area contributed by atoms with Crippen molar-refractivity contribution in [1.82, 2.24) is 15.0 Å². The van der Waals surface area contributed by atoms with Gasteiger partial charge in [0.05, 0.1) is 16.9 Å². The predicted octanol–water partition coefficient (Wildman–Crippen LogP) is 6.23. The molecular weight excluding hydrogens is 587 g/mol. The normalized spacial score (nSPS) is 22.6. The van der Waals surface area contributed by atoms with Gasteiger partial charge < -0.3 is 9.72 Å². The number of aromatic nitrogens is 3. The van der Waals surface area contributed by atoms with Crippen LogP contribution in [0.15, 0.2) is 66.9 Å². The summed E-state index contributed by atoms with van der Waals surface area (Å²) in [6.45, 7) is 6.38. The zero-order valence-corrected chi connectivity index (χ0v) is 21.2. The number of aryl methyl sites for hydroxylation is 1.